The molecule has 0 atom stereocenters. The first kappa shape index (κ1) is 38.2. The molecule has 0 aromatic heterocycles. The molecule has 2 heteroatoms. The Bertz CT molecular complexity index is 1630. The van der Waals surface area contributed by atoms with Crippen LogP contribution >= 0.6 is 0 Å². The van der Waals surface area contributed by atoms with Gasteiger partial charge in [-0.15, -0.1) is 0 Å². The summed E-state index contributed by atoms with van der Waals surface area (Å²) >= 11 is 0. The Morgan fingerprint density at radius 3 is 1.19 bits per heavy atom. The van der Waals surface area contributed by atoms with Gasteiger partial charge >= 0.3 is 0 Å². The van der Waals surface area contributed by atoms with Crippen LogP contribution in [0.2, 0.25) is 0 Å². The third kappa shape index (κ3) is 11.8. The van der Waals surface area contributed by atoms with Crippen molar-refractivity contribution < 1.29 is 4.70 Å². The highest BCUT2D eigenvalue weighted by atomic mass is 15.2. The third-order valence-electron chi connectivity index (χ3n) is 8.51. The van der Waals surface area contributed by atoms with E-state index < -0.39 is 0 Å². The van der Waals surface area contributed by atoms with Crippen LogP contribution in [0.5, 0.6) is 0 Å². The summed E-state index contributed by atoms with van der Waals surface area (Å²) in [6, 6.07) is 12.7. The van der Waals surface area contributed by atoms with Crippen molar-refractivity contribution in [3.8, 4) is 47.4 Å². The minimum absolute atomic E-state index is 0.806. The van der Waals surface area contributed by atoms with Gasteiger partial charge in [-0.1, -0.05) is 121 Å². The molecule has 0 bridgehead atoms. The minimum atomic E-state index is 0.806. The Labute approximate surface area is 293 Å². The normalized spacial score (nSPS) is 12.1. The lowest BCUT2D eigenvalue weighted by atomic mass is 9.94. The summed E-state index contributed by atoms with van der Waals surface area (Å²) in [7, 11) is 0. The Hall–Kier alpha value is -4.24. The van der Waals surface area contributed by atoms with Crippen molar-refractivity contribution in [2.45, 2.75) is 144 Å². The Kier molecular flexibility index (Phi) is 17.2. The van der Waals surface area contributed by atoms with Gasteiger partial charge in [0.05, 0.1) is 0 Å². The SMILES string of the molecule is CCCCC#Cc1cc(C#CCCCC)cc(C2=C(C)C(CCCCC)=C(c3cc(C#CCCCC)cc(C#CCCCC)c3)[N+]2=[N-])c1. The molecule has 0 fully saturated rings. The molecule has 1 heterocycles. The molecular formula is C46H56N2. The number of hydrogen-bond donors (Lipinski definition) is 0. The molecule has 1 aliphatic rings. The highest BCUT2D eigenvalue weighted by Crippen LogP contribution is 2.43. The molecule has 2 nitrogen and oxygen atoms in total. The molecule has 3 rings (SSSR count). The van der Waals surface area contributed by atoms with Gasteiger partial charge in [0, 0.05) is 70.2 Å². The van der Waals surface area contributed by atoms with E-state index in [1.807, 2.05) is 0 Å². The fourth-order valence-electron chi connectivity index (χ4n) is 5.75. The quantitative estimate of drug-likeness (QED) is 0.112. The van der Waals surface area contributed by atoms with E-state index in [1.54, 1.807) is 0 Å². The predicted molar refractivity (Wildman–Crippen MR) is 206 cm³/mol. The standard InChI is InChI=1S/C46H56N2/c1-7-12-17-22-26-38-31-39(27-23-18-13-8-2)34-42(33-38)45-37(6)44(30-21-16-11-5)46(48(45)47)43-35-40(28-24-19-14-9-3)32-41(36-43)29-25-20-15-10-4/h31-36H,7-21,30H2,1-6H3. The number of hydrogen-bond acceptors (Lipinski definition) is 0. The molecule has 0 spiro atoms. The summed E-state index contributed by atoms with van der Waals surface area (Å²) in [5.41, 5.74) is 21.7. The van der Waals surface area contributed by atoms with E-state index in [1.165, 1.54) is 10.3 Å². The van der Waals surface area contributed by atoms with Crippen LogP contribution in [-0.4, -0.2) is 4.70 Å². The molecule has 0 radical (unpaired) electrons. The summed E-state index contributed by atoms with van der Waals surface area (Å²) in [6.07, 6.45) is 16.6. The molecule has 250 valence electrons. The van der Waals surface area contributed by atoms with Crippen molar-refractivity contribution in [3.05, 3.63) is 86.5 Å². The zero-order chi connectivity index (χ0) is 34.6. The summed E-state index contributed by atoms with van der Waals surface area (Å²) in [4.78, 5) is 0. The van der Waals surface area contributed by atoms with Crippen LogP contribution in [0.15, 0.2) is 47.5 Å². The van der Waals surface area contributed by atoms with Crippen molar-refractivity contribution >= 4 is 11.4 Å². The molecular weight excluding hydrogens is 581 g/mol. The monoisotopic (exact) mass is 636 g/mol. The molecule has 48 heavy (non-hydrogen) atoms. The van der Waals surface area contributed by atoms with E-state index in [0.717, 1.165) is 153 Å². The van der Waals surface area contributed by atoms with Gasteiger partial charge in [0.15, 0.2) is 0 Å². The van der Waals surface area contributed by atoms with Crippen molar-refractivity contribution in [3.63, 3.8) is 0 Å². The second-order valence-electron chi connectivity index (χ2n) is 12.8. The number of unbranched alkanes of at least 4 members (excludes halogenated alkanes) is 10. The molecule has 0 N–H and O–H groups in total. The van der Waals surface area contributed by atoms with Crippen LogP contribution < -0.4 is 0 Å². The van der Waals surface area contributed by atoms with Crippen LogP contribution in [0.25, 0.3) is 16.9 Å². The lowest BCUT2D eigenvalue weighted by Crippen LogP contribution is -2.04. The van der Waals surface area contributed by atoms with E-state index in [-0.39, 0.29) is 0 Å². The lowest BCUT2D eigenvalue weighted by molar-refractivity contribution is -0.345. The first-order chi connectivity index (χ1) is 23.5. The molecule has 1 aliphatic heterocycles. The molecule has 2 aromatic carbocycles. The van der Waals surface area contributed by atoms with Gasteiger partial charge in [-0.25, -0.2) is 4.70 Å². The fourth-order valence-corrected chi connectivity index (χ4v) is 5.75. The number of nitrogens with zero attached hydrogens (tertiary/aromatic N) is 2. The van der Waals surface area contributed by atoms with Crippen LogP contribution in [0.4, 0.5) is 0 Å². The van der Waals surface area contributed by atoms with Gasteiger partial charge < -0.3 is 5.53 Å². The molecule has 0 unspecified atom stereocenters. The summed E-state index contributed by atoms with van der Waals surface area (Å²) in [5, 5.41) is 0. The molecule has 0 amide bonds. The maximum absolute atomic E-state index is 12.2. The second kappa shape index (κ2) is 21.6. The first-order valence-electron chi connectivity index (χ1n) is 18.7. The van der Waals surface area contributed by atoms with Crippen LogP contribution in [0, 0.1) is 47.4 Å². The topological polar surface area (TPSA) is 25.3 Å². The van der Waals surface area contributed by atoms with Gasteiger partial charge in [0.25, 0.3) is 0 Å². The highest BCUT2D eigenvalue weighted by Gasteiger charge is 2.34. The lowest BCUT2D eigenvalue weighted by Gasteiger charge is -2.11. The van der Waals surface area contributed by atoms with E-state index in [4.69, 9.17) is 0 Å². The zero-order valence-electron chi connectivity index (χ0n) is 30.7. The smallest absolute Gasteiger partial charge is 0.211 e. The van der Waals surface area contributed by atoms with Crippen molar-refractivity contribution in [2.24, 2.45) is 0 Å². The zero-order valence-corrected chi connectivity index (χ0v) is 30.7. The average Bonchev–Trinajstić information content (AvgIpc) is 3.33. The summed E-state index contributed by atoms with van der Waals surface area (Å²) in [5.74, 6) is 27.1. The van der Waals surface area contributed by atoms with Crippen molar-refractivity contribution in [2.75, 3.05) is 0 Å². The largest absolute Gasteiger partial charge is 0.493 e. The second-order valence-corrected chi connectivity index (χ2v) is 12.8. The minimum Gasteiger partial charge on any atom is -0.493 e. The molecule has 0 saturated carbocycles. The van der Waals surface area contributed by atoms with E-state index >= 15 is 0 Å². The fraction of sp³-hybridized carbons (Fsp3) is 0.478. The van der Waals surface area contributed by atoms with Crippen LogP contribution in [0.1, 0.15) is 178 Å². The van der Waals surface area contributed by atoms with E-state index in [9.17, 15) is 5.53 Å². The van der Waals surface area contributed by atoms with Crippen molar-refractivity contribution in [1.82, 2.24) is 0 Å². The van der Waals surface area contributed by atoms with Crippen LogP contribution in [0.3, 0.4) is 0 Å². The van der Waals surface area contributed by atoms with E-state index in [0.29, 0.717) is 0 Å². The molecule has 0 saturated heterocycles. The Morgan fingerprint density at radius 1 is 0.479 bits per heavy atom. The summed E-state index contributed by atoms with van der Waals surface area (Å²) in [6.45, 7) is 13.2. The maximum Gasteiger partial charge on any atom is 0.211 e. The average molecular weight is 637 g/mol. The van der Waals surface area contributed by atoms with Gasteiger partial charge in [0.2, 0.25) is 11.4 Å². The van der Waals surface area contributed by atoms with Gasteiger partial charge in [-0.05, 0) is 81.8 Å². The van der Waals surface area contributed by atoms with Gasteiger partial charge in [-0.3, -0.25) is 0 Å². The molecule has 2 aromatic rings. The maximum atomic E-state index is 12.2. The highest BCUT2D eigenvalue weighted by molar-refractivity contribution is 5.83. The van der Waals surface area contributed by atoms with Crippen LogP contribution in [-0.2, 0) is 0 Å². The predicted octanol–water partition coefficient (Wildman–Crippen LogP) is 12.6. The Balaban J connectivity index is 2.18. The molecule has 0 aliphatic carbocycles. The first-order valence-corrected chi connectivity index (χ1v) is 18.7. The van der Waals surface area contributed by atoms with Gasteiger partial charge in [-0.2, -0.15) is 0 Å². The third-order valence-corrected chi connectivity index (χ3v) is 8.51. The summed E-state index contributed by atoms with van der Waals surface area (Å²) < 4.78 is 1.42. The number of allylic oxidation sites excluding steroid dienone is 2. The van der Waals surface area contributed by atoms with Crippen molar-refractivity contribution in [1.29, 1.82) is 0 Å². The van der Waals surface area contributed by atoms with Gasteiger partial charge in [0.1, 0.15) is 0 Å². The Morgan fingerprint density at radius 2 is 0.833 bits per heavy atom. The number of rotatable bonds is 14. The number of benzene rings is 2. The van der Waals surface area contributed by atoms with E-state index in [2.05, 4.69) is 125 Å².